The molecule has 0 aliphatic heterocycles. The van der Waals surface area contributed by atoms with Crippen molar-refractivity contribution in [1.29, 1.82) is 0 Å². The molecule has 118 valence electrons. The van der Waals surface area contributed by atoms with Gasteiger partial charge in [0.2, 0.25) is 0 Å². The van der Waals surface area contributed by atoms with Crippen LogP contribution in [0.15, 0.2) is 12.1 Å². The van der Waals surface area contributed by atoms with E-state index in [1.807, 2.05) is 26.0 Å². The smallest absolute Gasteiger partial charge is 0.162 e. The Kier molecular flexibility index (Phi) is 6.65. The van der Waals surface area contributed by atoms with Gasteiger partial charge >= 0.3 is 0 Å². The summed E-state index contributed by atoms with van der Waals surface area (Å²) in [5.41, 5.74) is 1.08. The van der Waals surface area contributed by atoms with E-state index in [2.05, 4.69) is 5.32 Å². The molecule has 1 aliphatic rings. The van der Waals surface area contributed by atoms with E-state index in [-0.39, 0.29) is 0 Å². The molecule has 0 radical (unpaired) electrons. The van der Waals surface area contributed by atoms with Crippen LogP contribution in [0.2, 0.25) is 5.02 Å². The summed E-state index contributed by atoms with van der Waals surface area (Å²) in [5, 5.41) is 4.36. The monoisotopic (exact) mass is 311 g/mol. The van der Waals surface area contributed by atoms with E-state index in [0.29, 0.717) is 19.3 Å². The van der Waals surface area contributed by atoms with Gasteiger partial charge < -0.3 is 14.8 Å². The Labute approximate surface area is 133 Å². The van der Waals surface area contributed by atoms with E-state index in [4.69, 9.17) is 21.1 Å². The zero-order valence-electron chi connectivity index (χ0n) is 13.1. The normalized spacial score (nSPS) is 16.0. The van der Waals surface area contributed by atoms with Gasteiger partial charge in [0.15, 0.2) is 11.5 Å². The second-order valence-electron chi connectivity index (χ2n) is 5.47. The summed E-state index contributed by atoms with van der Waals surface area (Å²) in [6.07, 6.45) is 6.58. The lowest BCUT2D eigenvalue weighted by Gasteiger charge is -2.23. The summed E-state index contributed by atoms with van der Waals surface area (Å²) in [6.45, 7) is 5.95. The fraction of sp³-hybridized carbons (Fsp3) is 0.647. The number of nitrogens with one attached hydrogen (secondary N) is 1. The van der Waals surface area contributed by atoms with Crippen molar-refractivity contribution in [3.63, 3.8) is 0 Å². The van der Waals surface area contributed by atoms with E-state index < -0.39 is 0 Å². The minimum absolute atomic E-state index is 0.607. The minimum Gasteiger partial charge on any atom is -0.490 e. The Bertz CT molecular complexity index is 445. The van der Waals surface area contributed by atoms with E-state index in [9.17, 15) is 0 Å². The fourth-order valence-corrected chi connectivity index (χ4v) is 3.03. The Morgan fingerprint density at radius 1 is 1.05 bits per heavy atom. The van der Waals surface area contributed by atoms with Gasteiger partial charge in [-0.25, -0.2) is 0 Å². The Balaban J connectivity index is 2.05. The molecular weight excluding hydrogens is 286 g/mol. The van der Waals surface area contributed by atoms with Gasteiger partial charge in [-0.1, -0.05) is 30.9 Å². The highest BCUT2D eigenvalue weighted by Crippen LogP contribution is 2.34. The van der Waals surface area contributed by atoms with Crippen LogP contribution in [0.3, 0.4) is 0 Å². The van der Waals surface area contributed by atoms with Crippen molar-refractivity contribution in [3.8, 4) is 11.5 Å². The maximum absolute atomic E-state index is 6.38. The zero-order valence-corrected chi connectivity index (χ0v) is 13.8. The molecule has 0 heterocycles. The molecule has 0 aromatic heterocycles. The van der Waals surface area contributed by atoms with Gasteiger partial charge in [0, 0.05) is 23.7 Å². The van der Waals surface area contributed by atoms with Gasteiger partial charge in [-0.05, 0) is 38.3 Å². The van der Waals surface area contributed by atoms with Crippen molar-refractivity contribution in [2.75, 3.05) is 13.2 Å². The van der Waals surface area contributed by atoms with Crippen LogP contribution in [0.1, 0.15) is 51.5 Å². The van der Waals surface area contributed by atoms with Crippen molar-refractivity contribution < 1.29 is 9.47 Å². The summed E-state index contributed by atoms with van der Waals surface area (Å²) in [7, 11) is 0. The molecule has 0 bridgehead atoms. The predicted molar refractivity (Wildman–Crippen MR) is 87.5 cm³/mol. The van der Waals surface area contributed by atoms with Crippen LogP contribution in [0.4, 0.5) is 0 Å². The quantitative estimate of drug-likeness (QED) is 0.800. The first-order chi connectivity index (χ1) is 10.2. The number of rotatable bonds is 7. The van der Waals surface area contributed by atoms with Crippen LogP contribution >= 0.6 is 11.6 Å². The van der Waals surface area contributed by atoms with E-state index >= 15 is 0 Å². The molecule has 4 heteroatoms. The van der Waals surface area contributed by atoms with Crippen molar-refractivity contribution in [2.24, 2.45) is 0 Å². The molecule has 21 heavy (non-hydrogen) atoms. The van der Waals surface area contributed by atoms with Crippen LogP contribution in [-0.2, 0) is 6.54 Å². The summed E-state index contributed by atoms with van der Waals surface area (Å²) in [5.74, 6) is 1.51. The van der Waals surface area contributed by atoms with E-state index in [0.717, 1.165) is 28.6 Å². The lowest BCUT2D eigenvalue weighted by atomic mass is 9.95. The summed E-state index contributed by atoms with van der Waals surface area (Å²) >= 11 is 6.38. The third-order valence-electron chi connectivity index (χ3n) is 3.90. The number of hydrogen-bond acceptors (Lipinski definition) is 3. The van der Waals surface area contributed by atoms with Crippen LogP contribution in [-0.4, -0.2) is 19.3 Å². The third kappa shape index (κ3) is 4.79. The summed E-state index contributed by atoms with van der Waals surface area (Å²) < 4.78 is 11.3. The van der Waals surface area contributed by atoms with Crippen molar-refractivity contribution >= 4 is 11.6 Å². The van der Waals surface area contributed by atoms with Crippen LogP contribution in [0.5, 0.6) is 11.5 Å². The van der Waals surface area contributed by atoms with Crippen molar-refractivity contribution in [1.82, 2.24) is 5.32 Å². The topological polar surface area (TPSA) is 30.5 Å². The predicted octanol–water partition coefficient (Wildman–Crippen LogP) is 4.56. The first-order valence-electron chi connectivity index (χ1n) is 8.06. The molecule has 1 aliphatic carbocycles. The first kappa shape index (κ1) is 16.4. The highest BCUT2D eigenvalue weighted by atomic mass is 35.5. The number of hydrogen-bond donors (Lipinski definition) is 1. The lowest BCUT2D eigenvalue weighted by molar-refractivity contribution is 0.287. The summed E-state index contributed by atoms with van der Waals surface area (Å²) in [4.78, 5) is 0. The van der Waals surface area contributed by atoms with Gasteiger partial charge in [0.25, 0.3) is 0 Å². The van der Waals surface area contributed by atoms with E-state index in [1.165, 1.54) is 32.1 Å². The third-order valence-corrected chi connectivity index (χ3v) is 4.25. The lowest BCUT2D eigenvalue weighted by Crippen LogP contribution is -2.30. The first-order valence-corrected chi connectivity index (χ1v) is 8.43. The van der Waals surface area contributed by atoms with Gasteiger partial charge in [-0.2, -0.15) is 0 Å². The molecule has 1 fully saturated rings. The second-order valence-corrected chi connectivity index (χ2v) is 5.88. The largest absolute Gasteiger partial charge is 0.490 e. The maximum atomic E-state index is 6.38. The van der Waals surface area contributed by atoms with Crippen LogP contribution < -0.4 is 14.8 Å². The standard InChI is InChI=1S/C17H26ClNO2/c1-3-20-16-10-13(15(18)11-17(16)21-4-2)12-19-14-8-6-5-7-9-14/h10-11,14,19H,3-9,12H2,1-2H3. The zero-order chi connectivity index (χ0) is 15.1. The van der Waals surface area contributed by atoms with Gasteiger partial charge in [-0.15, -0.1) is 0 Å². The average molecular weight is 312 g/mol. The Morgan fingerprint density at radius 3 is 2.29 bits per heavy atom. The minimum atomic E-state index is 0.607. The van der Waals surface area contributed by atoms with Gasteiger partial charge in [0.05, 0.1) is 13.2 Å². The molecule has 1 aromatic carbocycles. The molecule has 2 rings (SSSR count). The van der Waals surface area contributed by atoms with Crippen molar-refractivity contribution in [3.05, 3.63) is 22.7 Å². The number of benzene rings is 1. The molecule has 3 nitrogen and oxygen atoms in total. The SMILES string of the molecule is CCOc1cc(Cl)c(CNC2CCCCC2)cc1OCC. The maximum Gasteiger partial charge on any atom is 0.162 e. The van der Waals surface area contributed by atoms with Crippen molar-refractivity contribution in [2.45, 2.75) is 58.5 Å². The molecule has 0 amide bonds. The molecular formula is C17H26ClNO2. The number of ether oxygens (including phenoxy) is 2. The molecule has 1 aromatic rings. The molecule has 0 unspecified atom stereocenters. The van der Waals surface area contributed by atoms with E-state index in [1.54, 1.807) is 0 Å². The average Bonchev–Trinajstić information content (AvgIpc) is 2.50. The van der Waals surface area contributed by atoms with Gasteiger partial charge in [-0.3, -0.25) is 0 Å². The molecule has 1 N–H and O–H groups in total. The highest BCUT2D eigenvalue weighted by Gasteiger charge is 2.15. The van der Waals surface area contributed by atoms with Crippen LogP contribution in [0, 0.1) is 0 Å². The fourth-order valence-electron chi connectivity index (χ4n) is 2.81. The van der Waals surface area contributed by atoms with Gasteiger partial charge in [0.1, 0.15) is 0 Å². The summed E-state index contributed by atoms with van der Waals surface area (Å²) in [6, 6.07) is 4.50. The Hall–Kier alpha value is -0.930. The van der Waals surface area contributed by atoms with Crippen LogP contribution in [0.25, 0.3) is 0 Å². The number of halogens is 1. The molecule has 0 saturated heterocycles. The Morgan fingerprint density at radius 2 is 1.67 bits per heavy atom. The molecule has 0 atom stereocenters. The molecule has 1 saturated carbocycles. The molecule has 0 spiro atoms. The highest BCUT2D eigenvalue weighted by molar-refractivity contribution is 6.31. The second kappa shape index (κ2) is 8.50.